The summed E-state index contributed by atoms with van der Waals surface area (Å²) in [5.74, 6) is 1.72. The number of likely N-dealkylation sites (tertiary alicyclic amines) is 1. The van der Waals surface area contributed by atoms with Gasteiger partial charge in [0.25, 0.3) is 0 Å². The van der Waals surface area contributed by atoms with Gasteiger partial charge in [-0.15, -0.1) is 0 Å². The van der Waals surface area contributed by atoms with Crippen molar-refractivity contribution >= 4 is 0 Å². The second-order valence-electron chi connectivity index (χ2n) is 3.86. The molecule has 0 aliphatic carbocycles. The minimum Gasteiger partial charge on any atom is -0.358 e. The smallest absolute Gasteiger partial charge is 0.00955 e. The summed E-state index contributed by atoms with van der Waals surface area (Å²) in [6, 6.07) is 1.54. The first-order chi connectivity index (χ1) is 4.55. The predicted molar refractivity (Wildman–Crippen MR) is 57.8 cm³/mol. The van der Waals surface area contributed by atoms with Gasteiger partial charge in [0.2, 0.25) is 0 Å². The average Bonchev–Trinajstić information content (AvgIpc) is 2.07. The van der Waals surface area contributed by atoms with Gasteiger partial charge < -0.3 is 19.8 Å². The number of hydrogen-bond acceptors (Lipinski definition) is 1. The summed E-state index contributed by atoms with van der Waals surface area (Å²) in [5.41, 5.74) is 0. The first-order valence-corrected chi connectivity index (χ1v) is 4.27. The van der Waals surface area contributed by atoms with Crippen molar-refractivity contribution < 1.29 is 229 Å². The van der Waals surface area contributed by atoms with Gasteiger partial charge in [-0.25, -0.2) is 0 Å². The molecule has 1 nitrogen and oxygen atoms in total. The molecule has 0 amide bonds. The number of hydrogen-bond donors (Lipinski definition) is 0. The van der Waals surface area contributed by atoms with Crippen LogP contribution >= 0.6 is 0 Å². The summed E-state index contributed by atoms with van der Waals surface area (Å²) in [6.45, 7) is 9.36. The van der Waals surface area contributed by atoms with E-state index in [4.69, 9.17) is 0 Å². The minimum atomic E-state index is 0. The summed E-state index contributed by atoms with van der Waals surface area (Å²) in [6.07, 6.45) is 0. The first kappa shape index (κ1) is 56.3. The number of nitrogens with zero attached hydrogens (tertiary/aromatic N) is 1. The molecule has 1 aliphatic heterocycles. The largest absolute Gasteiger partial charge is 0.358 e. The molecule has 1 aliphatic rings. The van der Waals surface area contributed by atoms with E-state index in [1.165, 1.54) is 0 Å². The van der Waals surface area contributed by atoms with Gasteiger partial charge in [-0.2, -0.15) is 0 Å². The molecule has 7 radical (unpaired) electrons. The van der Waals surface area contributed by atoms with E-state index in [-0.39, 0.29) is 244 Å². The van der Waals surface area contributed by atoms with Gasteiger partial charge in [-0.1, -0.05) is 13.8 Å². The summed E-state index contributed by atoms with van der Waals surface area (Å²) < 4.78 is 0. The van der Waals surface area contributed by atoms with E-state index >= 15 is 0 Å². The zero-order valence-electron chi connectivity index (χ0n) is 13.8. The van der Waals surface area contributed by atoms with Gasteiger partial charge in [0.1, 0.15) is 0 Å². The van der Waals surface area contributed by atoms with Crippen LogP contribution in [0.15, 0.2) is 0 Å². The van der Waals surface area contributed by atoms with Gasteiger partial charge in [0.05, 0.1) is 0 Å². The Morgan fingerprint density at radius 1 is 0.526 bits per heavy atom. The van der Waals surface area contributed by atoms with Crippen LogP contribution in [0.3, 0.4) is 0 Å². The number of rotatable bonds is 0. The second kappa shape index (κ2) is 30.4. The summed E-state index contributed by atoms with van der Waals surface area (Å²) in [4.78, 5) is 2.48. The third-order valence-corrected chi connectivity index (χ3v) is 3.64. The van der Waals surface area contributed by atoms with E-state index in [0.29, 0.717) is 0 Å². The Hall–Kier alpha value is 7.69. The Labute approximate surface area is 299 Å². The Morgan fingerprint density at radius 3 is 0.737 bits per heavy atom. The van der Waals surface area contributed by atoms with E-state index in [0.717, 1.165) is 23.9 Å². The van der Waals surface area contributed by atoms with Crippen LogP contribution in [0, 0.1) is 26.7 Å². The van der Waals surface area contributed by atoms with Gasteiger partial charge in [-0.05, 0) is 32.7 Å². The standard InChI is InChI=1S/C9H19N.2CH3.7Y/c1-6-7(2)9(4)10(5)8(6)3;;;;;;;;;/h6-9H,1-5H3;2*1H3;;;;;;;/q;2*-1;;;;;;;/t6-,7+,8-,9+;;;;;;;;;. The molecule has 1 rings (SSSR count). The first-order valence-electron chi connectivity index (χ1n) is 4.27. The fourth-order valence-electron chi connectivity index (χ4n) is 1.99. The van der Waals surface area contributed by atoms with Crippen LogP contribution < -0.4 is 0 Å². The van der Waals surface area contributed by atoms with E-state index in [1.54, 1.807) is 0 Å². The molecular weight excluding hydrogens is 768 g/mol. The summed E-state index contributed by atoms with van der Waals surface area (Å²) in [5, 5.41) is 0. The van der Waals surface area contributed by atoms with Crippen LogP contribution in [-0.2, 0) is 229 Å². The zero-order valence-corrected chi connectivity index (χ0v) is 33.7. The molecule has 0 saturated carbocycles. The third-order valence-electron chi connectivity index (χ3n) is 3.64. The maximum atomic E-state index is 2.48. The molecule has 0 aromatic rings. The van der Waals surface area contributed by atoms with Crippen LogP contribution in [0.1, 0.15) is 27.7 Å². The van der Waals surface area contributed by atoms with Crippen LogP contribution in [-0.4, -0.2) is 24.0 Å². The van der Waals surface area contributed by atoms with Crippen LogP contribution in [0.25, 0.3) is 0 Å². The van der Waals surface area contributed by atoms with E-state index in [2.05, 4.69) is 39.6 Å². The monoisotopic (exact) mass is 794 g/mol. The van der Waals surface area contributed by atoms with Crippen LogP contribution in [0.2, 0.25) is 0 Å². The SMILES string of the molecule is C[C@@H]1[C@H](C)[C@H](C)N(C)[C@@H]1C.[CH3-].[CH3-].[Y].[Y].[Y].[Y].[Y].[Y].[Y]. The van der Waals surface area contributed by atoms with Crippen molar-refractivity contribution in [2.75, 3.05) is 7.05 Å². The van der Waals surface area contributed by atoms with Crippen molar-refractivity contribution in [2.24, 2.45) is 11.8 Å². The second-order valence-corrected chi connectivity index (χ2v) is 3.86. The zero-order chi connectivity index (χ0) is 7.89. The molecule has 0 N–H and O–H groups in total. The molecule has 0 aromatic carbocycles. The molecule has 0 unspecified atom stereocenters. The Kier molecular flexibility index (Phi) is 90.1. The Balaban J connectivity index is -0.0000000159. The third kappa shape index (κ3) is 18.8. The summed E-state index contributed by atoms with van der Waals surface area (Å²) >= 11 is 0. The normalized spacial score (nSPS) is 26.4. The van der Waals surface area contributed by atoms with Crippen molar-refractivity contribution in [2.45, 2.75) is 39.8 Å². The summed E-state index contributed by atoms with van der Waals surface area (Å²) in [7, 11) is 2.23. The molecule has 8 heteroatoms. The van der Waals surface area contributed by atoms with E-state index in [9.17, 15) is 0 Å². The molecule has 1 heterocycles. The van der Waals surface area contributed by atoms with Gasteiger partial charge in [0, 0.05) is 241 Å². The van der Waals surface area contributed by atoms with Crippen molar-refractivity contribution in [3.8, 4) is 0 Å². The Morgan fingerprint density at radius 2 is 0.684 bits per heavy atom. The molecule has 1 fully saturated rings. The average molecular weight is 794 g/mol. The topological polar surface area (TPSA) is 3.24 Å². The fraction of sp³-hybridized carbons (Fsp3) is 0.818. The molecular formula is C11H25NY7-2. The van der Waals surface area contributed by atoms with Gasteiger partial charge in [0.15, 0.2) is 0 Å². The van der Waals surface area contributed by atoms with Gasteiger partial charge >= 0.3 is 0 Å². The fourth-order valence-corrected chi connectivity index (χ4v) is 1.99. The maximum Gasteiger partial charge on any atom is 0.00955 e. The molecule has 19 heavy (non-hydrogen) atoms. The van der Waals surface area contributed by atoms with Crippen LogP contribution in [0.5, 0.6) is 0 Å². The quantitative estimate of drug-likeness (QED) is 0.342. The predicted octanol–water partition coefficient (Wildman–Crippen LogP) is 2.86. The van der Waals surface area contributed by atoms with Crippen molar-refractivity contribution in [1.29, 1.82) is 0 Å². The van der Waals surface area contributed by atoms with Crippen molar-refractivity contribution in [1.82, 2.24) is 4.90 Å². The molecule has 0 bridgehead atoms. The van der Waals surface area contributed by atoms with Crippen LogP contribution in [0.4, 0.5) is 0 Å². The van der Waals surface area contributed by atoms with Gasteiger partial charge in [-0.3, -0.25) is 0 Å². The van der Waals surface area contributed by atoms with Crippen molar-refractivity contribution in [3.05, 3.63) is 14.9 Å². The van der Waals surface area contributed by atoms with E-state index in [1.807, 2.05) is 0 Å². The molecule has 0 spiro atoms. The van der Waals surface area contributed by atoms with E-state index < -0.39 is 0 Å². The molecule has 1 saturated heterocycles. The molecule has 0 aromatic heterocycles. The maximum absolute atomic E-state index is 2.48. The van der Waals surface area contributed by atoms with Crippen molar-refractivity contribution in [3.63, 3.8) is 0 Å². The Bertz CT molecular complexity index is 95.4. The molecule has 97 valence electrons. The minimum absolute atomic E-state index is 0. The molecule has 4 atom stereocenters.